The van der Waals surface area contributed by atoms with E-state index in [-0.39, 0.29) is 22.8 Å². The number of hydrogen-bond acceptors (Lipinski definition) is 3. The maximum atomic E-state index is 12.2. The van der Waals surface area contributed by atoms with Crippen LogP contribution in [0.15, 0.2) is 24.3 Å². The summed E-state index contributed by atoms with van der Waals surface area (Å²) in [5.41, 5.74) is 1.72. The van der Waals surface area contributed by atoms with E-state index in [2.05, 4.69) is 0 Å². The number of carbonyl (C=O) groups is 1. The summed E-state index contributed by atoms with van der Waals surface area (Å²) in [5.74, 6) is 0.243. The molecule has 1 amide bonds. The Balaban J connectivity index is 1.96. The Kier molecular flexibility index (Phi) is 4.18. The van der Waals surface area contributed by atoms with Crippen LogP contribution in [0.25, 0.3) is 0 Å². The lowest BCUT2D eigenvalue weighted by Gasteiger charge is -2.39. The molecule has 0 aliphatic carbocycles. The van der Waals surface area contributed by atoms with Gasteiger partial charge in [0.1, 0.15) is 0 Å². The van der Waals surface area contributed by atoms with Crippen molar-refractivity contribution in [2.75, 3.05) is 18.8 Å². The largest absolute Gasteiger partial charge is 0.336 e. The van der Waals surface area contributed by atoms with E-state index in [0.717, 1.165) is 5.56 Å². The second-order valence-electron chi connectivity index (χ2n) is 5.92. The van der Waals surface area contributed by atoms with Gasteiger partial charge in [0, 0.05) is 18.7 Å². The Hall–Kier alpha value is -1.36. The van der Waals surface area contributed by atoms with Crippen molar-refractivity contribution in [1.29, 1.82) is 0 Å². The molecule has 0 unspecified atom stereocenters. The minimum absolute atomic E-state index is 0.0824. The van der Waals surface area contributed by atoms with Gasteiger partial charge >= 0.3 is 0 Å². The van der Waals surface area contributed by atoms with E-state index < -0.39 is 9.84 Å². The third-order valence-electron chi connectivity index (χ3n) is 3.51. The summed E-state index contributed by atoms with van der Waals surface area (Å²) in [4.78, 5) is 13.8. The molecule has 1 aromatic carbocycles. The van der Waals surface area contributed by atoms with Gasteiger partial charge in [-0.2, -0.15) is 0 Å². The van der Waals surface area contributed by atoms with Crippen molar-refractivity contribution < 1.29 is 13.2 Å². The third kappa shape index (κ3) is 3.20. The molecule has 1 heterocycles. The zero-order valence-electron chi connectivity index (χ0n) is 12.2. The van der Waals surface area contributed by atoms with E-state index >= 15 is 0 Å². The number of benzene rings is 1. The highest BCUT2D eigenvalue weighted by Crippen LogP contribution is 2.21. The molecule has 1 aliphatic rings. The minimum atomic E-state index is -3.07. The molecule has 2 rings (SSSR count). The van der Waals surface area contributed by atoms with Gasteiger partial charge in [0.15, 0.2) is 9.84 Å². The molecule has 20 heavy (non-hydrogen) atoms. The van der Waals surface area contributed by atoms with Crippen LogP contribution in [0.5, 0.6) is 0 Å². The molecular formula is C15H21NO3S. The SMILES string of the molecule is Cc1ccc(C(=O)N2CC(S(=O)(=O)CC(C)C)C2)cc1. The van der Waals surface area contributed by atoms with Crippen molar-refractivity contribution in [3.05, 3.63) is 35.4 Å². The zero-order valence-corrected chi connectivity index (χ0v) is 13.0. The highest BCUT2D eigenvalue weighted by Gasteiger charge is 2.39. The predicted octanol–water partition coefficient (Wildman–Crippen LogP) is 1.89. The van der Waals surface area contributed by atoms with Crippen molar-refractivity contribution in [2.24, 2.45) is 5.92 Å². The lowest BCUT2D eigenvalue weighted by molar-refractivity contribution is 0.0659. The molecule has 1 aromatic rings. The van der Waals surface area contributed by atoms with Gasteiger partial charge < -0.3 is 4.90 Å². The molecule has 1 aliphatic heterocycles. The summed E-state index contributed by atoms with van der Waals surface area (Å²) in [7, 11) is -3.07. The summed E-state index contributed by atoms with van der Waals surface area (Å²) in [6.07, 6.45) is 0. The van der Waals surface area contributed by atoms with Crippen molar-refractivity contribution >= 4 is 15.7 Å². The molecule has 5 heteroatoms. The Morgan fingerprint density at radius 3 is 2.30 bits per heavy atom. The minimum Gasteiger partial charge on any atom is -0.336 e. The fraction of sp³-hybridized carbons (Fsp3) is 0.533. The fourth-order valence-corrected chi connectivity index (χ4v) is 4.33. The normalized spacial score (nSPS) is 16.3. The molecule has 0 aromatic heterocycles. The molecule has 110 valence electrons. The first-order valence-electron chi connectivity index (χ1n) is 6.87. The molecular weight excluding hydrogens is 274 g/mol. The summed E-state index contributed by atoms with van der Waals surface area (Å²) >= 11 is 0. The number of hydrogen-bond donors (Lipinski definition) is 0. The molecule has 1 fully saturated rings. The summed E-state index contributed by atoms with van der Waals surface area (Å²) < 4.78 is 24.1. The van der Waals surface area contributed by atoms with Gasteiger partial charge in [0.2, 0.25) is 0 Å². The Labute approximate surface area is 120 Å². The standard InChI is InChI=1S/C15H21NO3S/c1-11(2)10-20(18,19)14-8-16(9-14)15(17)13-6-4-12(3)5-7-13/h4-7,11,14H,8-10H2,1-3H3. The van der Waals surface area contributed by atoms with Crippen LogP contribution in [0.2, 0.25) is 0 Å². The van der Waals surface area contributed by atoms with Gasteiger partial charge in [-0.3, -0.25) is 4.79 Å². The average Bonchev–Trinajstić information content (AvgIpc) is 2.25. The highest BCUT2D eigenvalue weighted by atomic mass is 32.2. The Morgan fingerprint density at radius 1 is 1.25 bits per heavy atom. The number of sulfone groups is 1. The lowest BCUT2D eigenvalue weighted by atomic mass is 10.1. The van der Waals surface area contributed by atoms with E-state index in [1.807, 2.05) is 32.9 Å². The number of nitrogens with zero attached hydrogens (tertiary/aromatic N) is 1. The number of carbonyl (C=O) groups excluding carboxylic acids is 1. The lowest BCUT2D eigenvalue weighted by Crippen LogP contribution is -2.57. The fourth-order valence-electron chi connectivity index (χ4n) is 2.31. The summed E-state index contributed by atoms with van der Waals surface area (Å²) in [6, 6.07) is 7.35. The molecule has 0 spiro atoms. The molecule has 0 bridgehead atoms. The molecule has 0 radical (unpaired) electrons. The van der Waals surface area contributed by atoms with E-state index in [1.54, 1.807) is 17.0 Å². The first kappa shape index (κ1) is 15.0. The molecule has 4 nitrogen and oxygen atoms in total. The van der Waals surface area contributed by atoms with Gasteiger partial charge in [-0.15, -0.1) is 0 Å². The van der Waals surface area contributed by atoms with E-state index in [0.29, 0.717) is 18.7 Å². The van der Waals surface area contributed by atoms with Gasteiger partial charge in [-0.1, -0.05) is 31.5 Å². The number of aryl methyl sites for hydroxylation is 1. The molecule has 0 atom stereocenters. The first-order valence-corrected chi connectivity index (χ1v) is 8.58. The van der Waals surface area contributed by atoms with Gasteiger partial charge in [-0.25, -0.2) is 8.42 Å². The van der Waals surface area contributed by atoms with Crippen molar-refractivity contribution in [1.82, 2.24) is 4.90 Å². The number of amides is 1. The second kappa shape index (κ2) is 5.56. The Bertz CT molecular complexity index is 584. The maximum absolute atomic E-state index is 12.2. The first-order chi connectivity index (χ1) is 9.29. The van der Waals surface area contributed by atoms with Crippen LogP contribution in [0, 0.1) is 12.8 Å². The van der Waals surface area contributed by atoms with Crippen LogP contribution in [-0.2, 0) is 9.84 Å². The molecule has 1 saturated heterocycles. The Morgan fingerprint density at radius 2 is 1.80 bits per heavy atom. The van der Waals surface area contributed by atoms with Gasteiger partial charge in [-0.05, 0) is 25.0 Å². The van der Waals surface area contributed by atoms with Crippen LogP contribution in [0.3, 0.4) is 0 Å². The summed E-state index contributed by atoms with van der Waals surface area (Å²) in [6.45, 7) is 6.40. The number of rotatable bonds is 4. The zero-order chi connectivity index (χ0) is 14.9. The smallest absolute Gasteiger partial charge is 0.253 e. The van der Waals surface area contributed by atoms with Crippen molar-refractivity contribution in [2.45, 2.75) is 26.0 Å². The summed E-state index contributed by atoms with van der Waals surface area (Å²) in [5, 5.41) is -0.390. The van der Waals surface area contributed by atoms with Crippen LogP contribution >= 0.6 is 0 Å². The van der Waals surface area contributed by atoms with E-state index in [1.165, 1.54) is 0 Å². The molecule has 0 saturated carbocycles. The topological polar surface area (TPSA) is 54.5 Å². The third-order valence-corrected chi connectivity index (χ3v) is 5.95. The van der Waals surface area contributed by atoms with Gasteiger partial charge in [0.25, 0.3) is 5.91 Å². The average molecular weight is 295 g/mol. The van der Waals surface area contributed by atoms with Crippen LogP contribution in [0.4, 0.5) is 0 Å². The van der Waals surface area contributed by atoms with Crippen molar-refractivity contribution in [3.63, 3.8) is 0 Å². The van der Waals surface area contributed by atoms with Crippen LogP contribution in [0.1, 0.15) is 29.8 Å². The van der Waals surface area contributed by atoms with Crippen LogP contribution in [-0.4, -0.2) is 43.3 Å². The monoisotopic (exact) mass is 295 g/mol. The predicted molar refractivity (Wildman–Crippen MR) is 79.5 cm³/mol. The second-order valence-corrected chi connectivity index (χ2v) is 8.25. The maximum Gasteiger partial charge on any atom is 0.253 e. The van der Waals surface area contributed by atoms with E-state index in [4.69, 9.17) is 0 Å². The van der Waals surface area contributed by atoms with E-state index in [9.17, 15) is 13.2 Å². The van der Waals surface area contributed by atoms with Gasteiger partial charge in [0.05, 0.1) is 11.0 Å². The highest BCUT2D eigenvalue weighted by molar-refractivity contribution is 7.92. The number of likely N-dealkylation sites (tertiary alicyclic amines) is 1. The van der Waals surface area contributed by atoms with Crippen molar-refractivity contribution in [3.8, 4) is 0 Å². The molecule has 0 N–H and O–H groups in total. The van der Waals surface area contributed by atoms with Crippen LogP contribution < -0.4 is 0 Å². The quantitative estimate of drug-likeness (QED) is 0.852.